The van der Waals surface area contributed by atoms with Gasteiger partial charge in [0.05, 0.1) is 10.9 Å². The second-order valence-corrected chi connectivity index (χ2v) is 6.11. The highest BCUT2D eigenvalue weighted by atomic mass is 16.5. The molecule has 0 saturated carbocycles. The summed E-state index contributed by atoms with van der Waals surface area (Å²) < 4.78 is 7.16. The van der Waals surface area contributed by atoms with Gasteiger partial charge >= 0.3 is 0 Å². The predicted molar refractivity (Wildman–Crippen MR) is 99.7 cm³/mol. The summed E-state index contributed by atoms with van der Waals surface area (Å²) in [5.74, 6) is -2.01. The molecule has 1 amide bonds. The summed E-state index contributed by atoms with van der Waals surface area (Å²) in [6.07, 6.45) is -0.0436. The highest BCUT2D eigenvalue weighted by Gasteiger charge is 2.28. The van der Waals surface area contributed by atoms with Crippen molar-refractivity contribution in [3.63, 3.8) is 0 Å². The molecule has 0 aliphatic carbocycles. The van der Waals surface area contributed by atoms with Gasteiger partial charge < -0.3 is 25.3 Å². The molecule has 2 heterocycles. The Hall–Kier alpha value is -3.30. The largest absolute Gasteiger partial charge is 0.472 e. The van der Waals surface area contributed by atoms with Crippen molar-refractivity contribution in [2.24, 2.45) is 5.73 Å². The number of ketones is 1. The molecule has 4 N–H and O–H groups in total. The lowest BCUT2D eigenvalue weighted by Gasteiger charge is -2.10. The Kier molecular flexibility index (Phi) is 5.67. The first-order valence-corrected chi connectivity index (χ1v) is 8.67. The van der Waals surface area contributed by atoms with E-state index in [4.69, 9.17) is 20.7 Å². The second-order valence-electron chi connectivity index (χ2n) is 6.11. The van der Waals surface area contributed by atoms with Gasteiger partial charge in [-0.3, -0.25) is 9.59 Å². The quantitative estimate of drug-likeness (QED) is 0.290. The Labute approximate surface area is 160 Å². The molecule has 146 valence electrons. The fourth-order valence-electron chi connectivity index (χ4n) is 3.13. The molecule has 1 aromatic carbocycles. The van der Waals surface area contributed by atoms with Gasteiger partial charge in [0.25, 0.3) is 11.7 Å². The topological polar surface area (TPSA) is 141 Å². The van der Waals surface area contributed by atoms with Crippen LogP contribution in [0.1, 0.15) is 28.5 Å². The first-order valence-electron chi connectivity index (χ1n) is 8.67. The molecule has 0 aliphatic heterocycles. The number of aromatic nitrogens is 3. The second kappa shape index (κ2) is 8.15. The lowest BCUT2D eigenvalue weighted by Crippen LogP contribution is -2.24. The summed E-state index contributed by atoms with van der Waals surface area (Å²) in [5, 5.41) is 18.4. The zero-order chi connectivity index (χ0) is 20.3. The van der Waals surface area contributed by atoms with Gasteiger partial charge in [0, 0.05) is 12.2 Å². The van der Waals surface area contributed by atoms with Gasteiger partial charge in [-0.15, -0.1) is 0 Å². The molecule has 0 unspecified atom stereocenters. The standard InChI is InChI=1S/C19H20N4O5/c1-2-12-14(16(26)17(20)27)15-18(21-10-22-19(15)28-9-13(24)25)23(12)8-11-6-4-3-5-7-11/h3-7,10,13,24-25H,2,8-9H2,1H3,(H2,20,27). The summed E-state index contributed by atoms with van der Waals surface area (Å²) in [6.45, 7) is 1.80. The van der Waals surface area contributed by atoms with E-state index < -0.39 is 24.6 Å². The third kappa shape index (κ3) is 3.71. The fourth-order valence-corrected chi connectivity index (χ4v) is 3.13. The van der Waals surface area contributed by atoms with E-state index in [9.17, 15) is 9.59 Å². The lowest BCUT2D eigenvalue weighted by molar-refractivity contribution is -0.114. The van der Waals surface area contributed by atoms with Crippen LogP contribution in [-0.4, -0.2) is 49.3 Å². The van der Waals surface area contributed by atoms with Gasteiger partial charge in [0.15, 0.2) is 6.29 Å². The summed E-state index contributed by atoms with van der Waals surface area (Å²) in [4.78, 5) is 32.5. The molecule has 0 spiro atoms. The monoisotopic (exact) mass is 384 g/mol. The first kappa shape index (κ1) is 19.5. The van der Waals surface area contributed by atoms with Crippen LogP contribution in [0.25, 0.3) is 11.0 Å². The molecule has 0 bridgehead atoms. The number of ether oxygens (including phenoxy) is 1. The Morgan fingerprint density at radius 1 is 1.21 bits per heavy atom. The van der Waals surface area contributed by atoms with Crippen molar-refractivity contribution in [1.29, 1.82) is 0 Å². The number of hydrogen-bond donors (Lipinski definition) is 3. The van der Waals surface area contributed by atoms with Crippen LogP contribution in [-0.2, 0) is 17.8 Å². The molecule has 0 saturated heterocycles. The van der Waals surface area contributed by atoms with Crippen LogP contribution in [0.15, 0.2) is 36.7 Å². The van der Waals surface area contributed by atoms with Gasteiger partial charge in [-0.25, -0.2) is 9.97 Å². The van der Waals surface area contributed by atoms with Gasteiger partial charge in [0.1, 0.15) is 18.6 Å². The van der Waals surface area contributed by atoms with E-state index in [-0.39, 0.29) is 16.8 Å². The number of nitrogens with zero attached hydrogens (tertiary/aromatic N) is 3. The van der Waals surface area contributed by atoms with Gasteiger partial charge in [-0.05, 0) is 12.0 Å². The van der Waals surface area contributed by atoms with E-state index in [0.29, 0.717) is 24.3 Å². The van der Waals surface area contributed by atoms with Crippen molar-refractivity contribution in [1.82, 2.24) is 14.5 Å². The maximum atomic E-state index is 12.6. The van der Waals surface area contributed by atoms with Gasteiger partial charge in [-0.2, -0.15) is 0 Å². The molecule has 3 rings (SSSR count). The number of primary amides is 1. The number of rotatable bonds is 8. The van der Waals surface area contributed by atoms with Crippen LogP contribution in [0.3, 0.4) is 0 Å². The van der Waals surface area contributed by atoms with E-state index in [1.54, 1.807) is 0 Å². The Morgan fingerprint density at radius 3 is 2.54 bits per heavy atom. The predicted octanol–water partition coefficient (Wildman–Crippen LogP) is 0.399. The zero-order valence-corrected chi connectivity index (χ0v) is 15.2. The average molecular weight is 384 g/mol. The molecule has 2 aromatic heterocycles. The summed E-state index contributed by atoms with van der Waals surface area (Å²) >= 11 is 0. The number of amides is 1. The fraction of sp³-hybridized carbons (Fsp3) is 0.263. The third-order valence-electron chi connectivity index (χ3n) is 4.25. The lowest BCUT2D eigenvalue weighted by atomic mass is 10.1. The van der Waals surface area contributed by atoms with Gasteiger partial charge in [-0.1, -0.05) is 37.3 Å². The smallest absolute Gasteiger partial charge is 0.289 e. The molecule has 0 fully saturated rings. The number of carbonyl (C=O) groups excluding carboxylic acids is 2. The summed E-state index contributed by atoms with van der Waals surface area (Å²) in [6, 6.07) is 9.56. The van der Waals surface area contributed by atoms with Crippen molar-refractivity contribution in [2.45, 2.75) is 26.2 Å². The first-order chi connectivity index (χ1) is 13.4. The Bertz CT molecular complexity index is 1010. The van der Waals surface area contributed by atoms with Crippen molar-refractivity contribution in [3.05, 3.63) is 53.5 Å². The molecule has 3 aromatic rings. The van der Waals surface area contributed by atoms with Crippen molar-refractivity contribution in [3.8, 4) is 5.88 Å². The number of aliphatic hydroxyl groups excluding tert-OH is 1. The minimum atomic E-state index is -1.72. The number of aliphatic hydroxyl groups is 2. The van der Waals surface area contributed by atoms with Crippen LogP contribution >= 0.6 is 0 Å². The normalized spacial score (nSPS) is 11.1. The minimum absolute atomic E-state index is 0.0239. The maximum absolute atomic E-state index is 12.6. The third-order valence-corrected chi connectivity index (χ3v) is 4.25. The molecule has 28 heavy (non-hydrogen) atoms. The Balaban J connectivity index is 2.26. The molecule has 0 radical (unpaired) electrons. The number of benzene rings is 1. The van der Waals surface area contributed by atoms with Crippen LogP contribution in [0.4, 0.5) is 0 Å². The highest BCUT2D eigenvalue weighted by Crippen LogP contribution is 2.32. The SMILES string of the molecule is CCc1c(C(=O)C(N)=O)c2c(OCC(O)O)ncnc2n1Cc1ccccc1. The number of Topliss-reactive ketones (excluding diaryl/α,β-unsaturated/α-hetero) is 1. The number of carbonyl (C=O) groups is 2. The maximum Gasteiger partial charge on any atom is 0.289 e. The van der Waals surface area contributed by atoms with Crippen molar-refractivity contribution < 1.29 is 24.5 Å². The molecular formula is C19H20N4O5. The Morgan fingerprint density at radius 2 is 1.93 bits per heavy atom. The van der Waals surface area contributed by atoms with E-state index in [1.807, 2.05) is 41.8 Å². The number of fused-ring (bicyclic) bond motifs is 1. The van der Waals surface area contributed by atoms with Crippen molar-refractivity contribution in [2.75, 3.05) is 6.61 Å². The van der Waals surface area contributed by atoms with Crippen LogP contribution in [0.2, 0.25) is 0 Å². The van der Waals surface area contributed by atoms with Crippen LogP contribution < -0.4 is 10.5 Å². The molecular weight excluding hydrogens is 364 g/mol. The summed E-state index contributed by atoms with van der Waals surface area (Å²) in [5.41, 5.74) is 7.26. The summed E-state index contributed by atoms with van der Waals surface area (Å²) in [7, 11) is 0. The molecule has 9 heteroatoms. The minimum Gasteiger partial charge on any atom is -0.472 e. The average Bonchev–Trinajstić information content (AvgIpc) is 3.00. The van der Waals surface area contributed by atoms with Crippen molar-refractivity contribution >= 4 is 22.7 Å². The van der Waals surface area contributed by atoms with E-state index in [0.717, 1.165) is 5.56 Å². The van der Waals surface area contributed by atoms with E-state index >= 15 is 0 Å². The van der Waals surface area contributed by atoms with Crippen LogP contribution in [0.5, 0.6) is 5.88 Å². The molecule has 0 aliphatic rings. The zero-order valence-electron chi connectivity index (χ0n) is 15.2. The van der Waals surface area contributed by atoms with E-state index in [1.165, 1.54) is 6.33 Å². The van der Waals surface area contributed by atoms with Crippen LogP contribution in [0, 0.1) is 0 Å². The van der Waals surface area contributed by atoms with E-state index in [2.05, 4.69) is 9.97 Å². The highest BCUT2D eigenvalue weighted by molar-refractivity contribution is 6.45. The molecule has 9 nitrogen and oxygen atoms in total. The number of nitrogens with two attached hydrogens (primary N) is 1. The van der Waals surface area contributed by atoms with Gasteiger partial charge in [0.2, 0.25) is 5.88 Å². The number of hydrogen-bond acceptors (Lipinski definition) is 7. The molecule has 0 atom stereocenters.